The summed E-state index contributed by atoms with van der Waals surface area (Å²) in [5, 5.41) is 9.72. The van der Waals surface area contributed by atoms with Gasteiger partial charge in [-0.2, -0.15) is 4.37 Å². The zero-order valence-corrected chi connectivity index (χ0v) is 12.8. The van der Waals surface area contributed by atoms with Crippen LogP contribution in [0.2, 0.25) is 0 Å². The number of rotatable bonds is 1. The SMILES string of the molecule is Oc1nsnc1-c1ccc2c(c1)Sc1cc(F)ccc1C=C2. The van der Waals surface area contributed by atoms with Gasteiger partial charge in [0, 0.05) is 15.4 Å². The highest BCUT2D eigenvalue weighted by atomic mass is 32.2. The van der Waals surface area contributed by atoms with Crippen LogP contribution in [0.15, 0.2) is 46.2 Å². The molecule has 2 heterocycles. The number of aromatic hydroxyl groups is 1. The molecule has 0 amide bonds. The first-order chi connectivity index (χ1) is 10.7. The first-order valence-corrected chi connectivity index (χ1v) is 8.07. The molecule has 2 aromatic carbocycles. The molecule has 0 spiro atoms. The number of benzene rings is 2. The summed E-state index contributed by atoms with van der Waals surface area (Å²) in [5.41, 5.74) is 3.31. The highest BCUT2D eigenvalue weighted by Crippen LogP contribution is 2.40. The van der Waals surface area contributed by atoms with Crippen LogP contribution in [0.1, 0.15) is 11.1 Å². The fraction of sp³-hybridized carbons (Fsp3) is 0. The van der Waals surface area contributed by atoms with Crippen molar-refractivity contribution in [2.75, 3.05) is 0 Å². The lowest BCUT2D eigenvalue weighted by atomic mass is 10.1. The van der Waals surface area contributed by atoms with Crippen molar-refractivity contribution in [1.82, 2.24) is 8.75 Å². The first-order valence-electron chi connectivity index (χ1n) is 6.52. The van der Waals surface area contributed by atoms with Crippen molar-refractivity contribution in [3.8, 4) is 17.1 Å². The molecule has 1 aliphatic rings. The zero-order valence-electron chi connectivity index (χ0n) is 11.2. The smallest absolute Gasteiger partial charge is 0.251 e. The van der Waals surface area contributed by atoms with Gasteiger partial charge in [0.2, 0.25) is 0 Å². The molecule has 0 unspecified atom stereocenters. The van der Waals surface area contributed by atoms with E-state index in [9.17, 15) is 9.50 Å². The van der Waals surface area contributed by atoms with Crippen LogP contribution in [-0.4, -0.2) is 13.9 Å². The van der Waals surface area contributed by atoms with Gasteiger partial charge < -0.3 is 5.11 Å². The van der Waals surface area contributed by atoms with Gasteiger partial charge in [-0.1, -0.05) is 42.1 Å². The summed E-state index contributed by atoms with van der Waals surface area (Å²) in [4.78, 5) is 1.86. The Morgan fingerprint density at radius 2 is 1.64 bits per heavy atom. The predicted molar refractivity (Wildman–Crippen MR) is 86.5 cm³/mol. The Bertz CT molecular complexity index is 905. The van der Waals surface area contributed by atoms with E-state index in [2.05, 4.69) is 8.75 Å². The van der Waals surface area contributed by atoms with Crippen LogP contribution in [0.4, 0.5) is 4.39 Å². The minimum absolute atomic E-state index is 0.0643. The summed E-state index contributed by atoms with van der Waals surface area (Å²) in [6.45, 7) is 0. The summed E-state index contributed by atoms with van der Waals surface area (Å²) in [7, 11) is 0. The molecule has 22 heavy (non-hydrogen) atoms. The Kier molecular flexibility index (Phi) is 3.20. The van der Waals surface area contributed by atoms with E-state index in [1.165, 1.54) is 23.9 Å². The lowest BCUT2D eigenvalue weighted by Crippen LogP contribution is -1.84. The number of hydrogen-bond acceptors (Lipinski definition) is 5. The molecule has 4 rings (SSSR count). The number of aromatic nitrogens is 2. The monoisotopic (exact) mass is 328 g/mol. The van der Waals surface area contributed by atoms with Crippen molar-refractivity contribution >= 4 is 35.6 Å². The van der Waals surface area contributed by atoms with E-state index in [0.29, 0.717) is 5.69 Å². The van der Waals surface area contributed by atoms with Gasteiger partial charge in [0.05, 0.1) is 11.7 Å². The molecule has 108 valence electrons. The fourth-order valence-electron chi connectivity index (χ4n) is 2.31. The average molecular weight is 328 g/mol. The van der Waals surface area contributed by atoms with Gasteiger partial charge in [-0.3, -0.25) is 0 Å². The van der Waals surface area contributed by atoms with Crippen molar-refractivity contribution in [3.05, 3.63) is 53.3 Å². The normalized spacial score (nSPS) is 12.6. The largest absolute Gasteiger partial charge is 0.491 e. The van der Waals surface area contributed by atoms with Gasteiger partial charge in [0.1, 0.15) is 11.5 Å². The molecule has 0 aliphatic carbocycles. The summed E-state index contributed by atoms with van der Waals surface area (Å²) in [6, 6.07) is 10.6. The molecule has 1 aliphatic heterocycles. The van der Waals surface area contributed by atoms with Crippen LogP contribution in [0, 0.1) is 5.82 Å². The lowest BCUT2D eigenvalue weighted by molar-refractivity contribution is 0.461. The minimum Gasteiger partial charge on any atom is -0.491 e. The highest BCUT2D eigenvalue weighted by molar-refractivity contribution is 7.99. The summed E-state index contributed by atoms with van der Waals surface area (Å²) < 4.78 is 21.4. The third-order valence-corrected chi connectivity index (χ3v) is 5.06. The third kappa shape index (κ3) is 2.30. The Morgan fingerprint density at radius 1 is 0.909 bits per heavy atom. The molecule has 0 bridgehead atoms. The van der Waals surface area contributed by atoms with E-state index in [4.69, 9.17) is 0 Å². The molecule has 1 N–H and O–H groups in total. The van der Waals surface area contributed by atoms with Crippen molar-refractivity contribution in [1.29, 1.82) is 0 Å². The van der Waals surface area contributed by atoms with E-state index >= 15 is 0 Å². The Morgan fingerprint density at radius 3 is 2.36 bits per heavy atom. The van der Waals surface area contributed by atoms with Gasteiger partial charge in [-0.25, -0.2) is 4.39 Å². The first kappa shape index (κ1) is 13.5. The maximum absolute atomic E-state index is 13.5. The molecular formula is C16H9FN2OS2. The average Bonchev–Trinajstić information content (AvgIpc) is 2.85. The van der Waals surface area contributed by atoms with Gasteiger partial charge in [-0.05, 0) is 29.3 Å². The number of nitrogens with zero attached hydrogens (tertiary/aromatic N) is 2. The molecule has 6 heteroatoms. The highest BCUT2D eigenvalue weighted by Gasteiger charge is 2.15. The number of fused-ring (bicyclic) bond motifs is 2. The Hall–Kier alpha value is -2.18. The zero-order chi connectivity index (χ0) is 15.1. The molecule has 3 nitrogen and oxygen atoms in total. The topological polar surface area (TPSA) is 46.0 Å². The van der Waals surface area contributed by atoms with E-state index in [-0.39, 0.29) is 11.7 Å². The van der Waals surface area contributed by atoms with Gasteiger partial charge in [0.15, 0.2) is 0 Å². The molecule has 0 atom stereocenters. The molecule has 0 fully saturated rings. The molecular weight excluding hydrogens is 319 g/mol. The van der Waals surface area contributed by atoms with Crippen LogP contribution >= 0.6 is 23.5 Å². The Labute approximate surface area is 134 Å². The van der Waals surface area contributed by atoms with Crippen LogP contribution in [0.5, 0.6) is 5.88 Å². The molecule has 0 saturated carbocycles. The van der Waals surface area contributed by atoms with Crippen LogP contribution in [0.3, 0.4) is 0 Å². The van der Waals surface area contributed by atoms with E-state index < -0.39 is 0 Å². The summed E-state index contributed by atoms with van der Waals surface area (Å²) in [6.07, 6.45) is 3.99. The molecule has 3 aromatic rings. The molecule has 0 saturated heterocycles. The Balaban J connectivity index is 1.83. The lowest BCUT2D eigenvalue weighted by Gasteiger charge is -2.07. The third-order valence-electron chi connectivity index (χ3n) is 3.40. The van der Waals surface area contributed by atoms with Crippen LogP contribution in [0.25, 0.3) is 23.4 Å². The fourth-order valence-corrected chi connectivity index (χ4v) is 3.88. The minimum atomic E-state index is -0.249. The van der Waals surface area contributed by atoms with Crippen molar-refractivity contribution < 1.29 is 9.50 Å². The van der Waals surface area contributed by atoms with Crippen molar-refractivity contribution in [2.45, 2.75) is 9.79 Å². The predicted octanol–water partition coefficient (Wildman–Crippen LogP) is 4.68. The van der Waals surface area contributed by atoms with E-state index in [1.54, 1.807) is 6.07 Å². The maximum Gasteiger partial charge on any atom is 0.251 e. The van der Waals surface area contributed by atoms with Crippen molar-refractivity contribution in [3.63, 3.8) is 0 Å². The van der Waals surface area contributed by atoms with Gasteiger partial charge in [-0.15, -0.1) is 4.37 Å². The second kappa shape index (κ2) is 5.23. The van der Waals surface area contributed by atoms with Crippen molar-refractivity contribution in [2.24, 2.45) is 0 Å². The van der Waals surface area contributed by atoms with E-state index in [0.717, 1.165) is 38.2 Å². The maximum atomic E-state index is 13.5. The van der Waals surface area contributed by atoms with Gasteiger partial charge >= 0.3 is 0 Å². The van der Waals surface area contributed by atoms with Gasteiger partial charge in [0.25, 0.3) is 5.88 Å². The second-order valence-corrected chi connectivity index (χ2v) is 6.42. The second-order valence-electron chi connectivity index (χ2n) is 4.81. The quantitative estimate of drug-likeness (QED) is 0.551. The number of halogens is 1. The summed E-state index contributed by atoms with van der Waals surface area (Å²) in [5.74, 6) is -0.314. The molecule has 1 aromatic heterocycles. The summed E-state index contributed by atoms with van der Waals surface area (Å²) >= 11 is 2.48. The van der Waals surface area contributed by atoms with E-state index in [1.807, 2.05) is 30.4 Å². The number of hydrogen-bond donors (Lipinski definition) is 1. The van der Waals surface area contributed by atoms with Crippen LogP contribution < -0.4 is 0 Å². The standard InChI is InChI=1S/C16H9FN2OS2/c17-12-6-5-10-2-1-9-3-4-11(15-16(20)19-22-18-15)7-13(9)21-14(10)8-12/h1-8H,(H,19,20). The van der Waals surface area contributed by atoms with Crippen LogP contribution in [-0.2, 0) is 0 Å². The molecule has 0 radical (unpaired) electrons.